The molecule has 2 aromatic carbocycles. The summed E-state index contributed by atoms with van der Waals surface area (Å²) in [5, 5.41) is 14.0. The van der Waals surface area contributed by atoms with Crippen LogP contribution < -0.4 is 10.6 Å². The number of amides is 1. The highest BCUT2D eigenvalue weighted by Crippen LogP contribution is 2.38. The molecule has 0 unspecified atom stereocenters. The minimum atomic E-state index is -0.508. The van der Waals surface area contributed by atoms with Crippen LogP contribution in [0.1, 0.15) is 43.0 Å². The molecule has 1 saturated heterocycles. The van der Waals surface area contributed by atoms with E-state index in [1.165, 1.54) is 12.8 Å². The maximum absolute atomic E-state index is 13.5. The maximum Gasteiger partial charge on any atom is 0.235 e. The zero-order chi connectivity index (χ0) is 19.7. The molecule has 1 amide bonds. The molecule has 1 aromatic heterocycles. The Morgan fingerprint density at radius 2 is 1.83 bits per heavy atom. The van der Waals surface area contributed by atoms with Crippen molar-refractivity contribution < 1.29 is 4.79 Å². The fourth-order valence-corrected chi connectivity index (χ4v) is 4.19. The molecule has 2 aliphatic rings. The second-order valence-corrected chi connectivity index (χ2v) is 8.05. The summed E-state index contributed by atoms with van der Waals surface area (Å²) in [7, 11) is 0. The van der Waals surface area contributed by atoms with Crippen molar-refractivity contribution in [3.63, 3.8) is 0 Å². The lowest BCUT2D eigenvalue weighted by Gasteiger charge is -2.36. The number of anilines is 1. The fraction of sp³-hybridized carbons (Fsp3) is 0.348. The molecular weight excluding hydrogens is 362 g/mol. The number of piperidine rings is 1. The quantitative estimate of drug-likeness (QED) is 0.625. The van der Waals surface area contributed by atoms with Crippen LogP contribution in [0.2, 0.25) is 0 Å². The Morgan fingerprint density at radius 1 is 1.03 bits per heavy atom. The van der Waals surface area contributed by atoms with Crippen molar-refractivity contribution in [2.75, 3.05) is 18.4 Å². The van der Waals surface area contributed by atoms with Gasteiger partial charge in [0.05, 0.1) is 5.41 Å². The number of hydrogen-bond acceptors (Lipinski definition) is 4. The first kappa shape index (κ1) is 18.1. The summed E-state index contributed by atoms with van der Waals surface area (Å²) in [6, 6.07) is 17.9. The summed E-state index contributed by atoms with van der Waals surface area (Å²) < 4.78 is 0. The lowest BCUT2D eigenvalue weighted by Crippen LogP contribution is -2.48. The first-order valence-corrected chi connectivity index (χ1v) is 10.3. The molecule has 2 fully saturated rings. The van der Waals surface area contributed by atoms with Gasteiger partial charge in [-0.15, -0.1) is 0 Å². The highest BCUT2D eigenvalue weighted by Gasteiger charge is 2.41. The molecule has 1 aliphatic carbocycles. The van der Waals surface area contributed by atoms with Crippen LogP contribution in [0.25, 0.3) is 11.4 Å². The third-order valence-corrected chi connectivity index (χ3v) is 6.06. The van der Waals surface area contributed by atoms with E-state index in [1.54, 1.807) is 0 Å². The Hall–Kier alpha value is -2.99. The molecule has 0 radical (unpaired) electrons. The van der Waals surface area contributed by atoms with Gasteiger partial charge < -0.3 is 10.6 Å². The summed E-state index contributed by atoms with van der Waals surface area (Å²) in [5.74, 6) is 2.23. The van der Waals surface area contributed by atoms with E-state index >= 15 is 0 Å². The molecule has 2 heterocycles. The highest BCUT2D eigenvalue weighted by molar-refractivity contribution is 5.99. The number of H-pyrrole nitrogens is 1. The molecule has 6 nitrogen and oxygen atoms in total. The zero-order valence-electron chi connectivity index (χ0n) is 16.3. The predicted octanol–water partition coefficient (Wildman–Crippen LogP) is 3.61. The van der Waals surface area contributed by atoms with Crippen LogP contribution in [0, 0.1) is 0 Å². The second kappa shape index (κ2) is 7.44. The van der Waals surface area contributed by atoms with Crippen molar-refractivity contribution in [2.24, 2.45) is 0 Å². The third kappa shape index (κ3) is 3.56. The molecule has 0 bridgehead atoms. The van der Waals surface area contributed by atoms with E-state index in [4.69, 9.17) is 0 Å². The molecular formula is C23H25N5O. The first-order valence-electron chi connectivity index (χ1n) is 10.3. The standard InChI is InChI=1S/C23H25N5O/c29-22(23(11-13-24-14-12-23)18-6-2-1-3-7-18)25-19-8-4-5-17(15-19)21-26-20(27-28-21)16-9-10-16/h1-8,15-16,24H,9-14H2,(H,25,29)(H,26,27,28). The molecule has 0 atom stereocenters. The summed E-state index contributed by atoms with van der Waals surface area (Å²) in [6.45, 7) is 1.67. The molecule has 0 spiro atoms. The Kier molecular flexibility index (Phi) is 4.64. The average molecular weight is 387 g/mol. The van der Waals surface area contributed by atoms with E-state index in [9.17, 15) is 4.79 Å². The van der Waals surface area contributed by atoms with Crippen LogP contribution in [0.3, 0.4) is 0 Å². The number of rotatable bonds is 5. The van der Waals surface area contributed by atoms with Crippen molar-refractivity contribution in [3.8, 4) is 11.4 Å². The van der Waals surface area contributed by atoms with E-state index in [2.05, 4.69) is 37.9 Å². The van der Waals surface area contributed by atoms with Gasteiger partial charge in [0.15, 0.2) is 5.82 Å². The van der Waals surface area contributed by atoms with E-state index in [1.807, 2.05) is 42.5 Å². The van der Waals surface area contributed by atoms with Gasteiger partial charge in [0, 0.05) is 17.2 Å². The van der Waals surface area contributed by atoms with Crippen LogP contribution >= 0.6 is 0 Å². The Balaban J connectivity index is 1.40. The minimum Gasteiger partial charge on any atom is -0.325 e. The van der Waals surface area contributed by atoms with Gasteiger partial charge in [0.2, 0.25) is 5.91 Å². The van der Waals surface area contributed by atoms with Crippen LogP contribution in [0.4, 0.5) is 5.69 Å². The molecule has 1 aliphatic heterocycles. The van der Waals surface area contributed by atoms with Gasteiger partial charge in [-0.3, -0.25) is 9.89 Å². The third-order valence-electron chi connectivity index (χ3n) is 6.06. The minimum absolute atomic E-state index is 0.0519. The van der Waals surface area contributed by atoms with Gasteiger partial charge in [-0.25, -0.2) is 4.98 Å². The number of aromatic amines is 1. The van der Waals surface area contributed by atoms with Crippen molar-refractivity contribution in [1.29, 1.82) is 0 Å². The van der Waals surface area contributed by atoms with Crippen molar-refractivity contribution in [3.05, 3.63) is 66.0 Å². The predicted molar refractivity (Wildman–Crippen MR) is 113 cm³/mol. The molecule has 1 saturated carbocycles. The van der Waals surface area contributed by atoms with Gasteiger partial charge in [-0.2, -0.15) is 5.10 Å². The first-order chi connectivity index (χ1) is 14.2. The lowest BCUT2D eigenvalue weighted by atomic mass is 9.72. The van der Waals surface area contributed by atoms with Crippen LogP contribution in [0.5, 0.6) is 0 Å². The largest absolute Gasteiger partial charge is 0.325 e. The fourth-order valence-electron chi connectivity index (χ4n) is 4.19. The molecule has 5 rings (SSSR count). The van der Waals surface area contributed by atoms with Crippen LogP contribution in [0.15, 0.2) is 54.6 Å². The van der Waals surface area contributed by atoms with Crippen molar-refractivity contribution in [2.45, 2.75) is 37.0 Å². The van der Waals surface area contributed by atoms with Crippen LogP contribution in [-0.4, -0.2) is 34.2 Å². The average Bonchev–Trinajstić information content (AvgIpc) is 3.51. The lowest BCUT2D eigenvalue weighted by molar-refractivity contribution is -0.122. The number of nitrogens with zero attached hydrogens (tertiary/aromatic N) is 2. The number of carbonyl (C=O) groups is 1. The van der Waals surface area contributed by atoms with E-state index in [0.717, 1.165) is 48.6 Å². The van der Waals surface area contributed by atoms with Gasteiger partial charge >= 0.3 is 0 Å². The van der Waals surface area contributed by atoms with Gasteiger partial charge in [0.1, 0.15) is 5.82 Å². The van der Waals surface area contributed by atoms with E-state index < -0.39 is 5.41 Å². The van der Waals surface area contributed by atoms with Gasteiger partial charge in [-0.1, -0.05) is 42.5 Å². The molecule has 6 heteroatoms. The zero-order valence-corrected chi connectivity index (χ0v) is 16.3. The van der Waals surface area contributed by atoms with Crippen molar-refractivity contribution >= 4 is 11.6 Å². The summed E-state index contributed by atoms with van der Waals surface area (Å²) in [4.78, 5) is 18.1. The maximum atomic E-state index is 13.5. The summed E-state index contributed by atoms with van der Waals surface area (Å²) in [6.07, 6.45) is 3.94. The normalized spacial score (nSPS) is 18.3. The molecule has 3 aromatic rings. The highest BCUT2D eigenvalue weighted by atomic mass is 16.2. The van der Waals surface area contributed by atoms with Gasteiger partial charge in [0.25, 0.3) is 0 Å². The van der Waals surface area contributed by atoms with E-state index in [-0.39, 0.29) is 5.91 Å². The summed E-state index contributed by atoms with van der Waals surface area (Å²) in [5.41, 5.74) is 2.26. The Labute approximate surface area is 170 Å². The molecule has 148 valence electrons. The molecule has 3 N–H and O–H groups in total. The van der Waals surface area contributed by atoms with Crippen LogP contribution in [-0.2, 0) is 10.2 Å². The number of benzene rings is 2. The number of nitrogens with one attached hydrogen (secondary N) is 3. The van der Waals surface area contributed by atoms with Crippen molar-refractivity contribution in [1.82, 2.24) is 20.5 Å². The second-order valence-electron chi connectivity index (χ2n) is 8.05. The van der Waals surface area contributed by atoms with Gasteiger partial charge in [-0.05, 0) is 56.5 Å². The monoisotopic (exact) mass is 387 g/mol. The Morgan fingerprint density at radius 3 is 2.59 bits per heavy atom. The molecule has 29 heavy (non-hydrogen) atoms. The topological polar surface area (TPSA) is 82.7 Å². The summed E-state index contributed by atoms with van der Waals surface area (Å²) >= 11 is 0. The smallest absolute Gasteiger partial charge is 0.235 e. The van der Waals surface area contributed by atoms with E-state index in [0.29, 0.717) is 11.7 Å². The Bertz CT molecular complexity index is 1000. The number of aromatic nitrogens is 3. The number of carbonyl (C=O) groups excluding carboxylic acids is 1. The number of hydrogen-bond donors (Lipinski definition) is 3. The SMILES string of the molecule is O=C(Nc1cccc(-c2n[nH]c(C3CC3)n2)c1)C1(c2ccccc2)CCNCC1.